The zero-order valence-electron chi connectivity index (χ0n) is 19.3. The number of nitrogens with one attached hydrogen (secondary N) is 3. The Morgan fingerprint density at radius 2 is 1.76 bits per heavy atom. The van der Waals surface area contributed by atoms with Crippen molar-refractivity contribution in [2.24, 2.45) is 11.8 Å². The van der Waals surface area contributed by atoms with Crippen molar-refractivity contribution in [2.75, 3.05) is 49.2 Å². The second-order valence-corrected chi connectivity index (χ2v) is 9.55. The summed E-state index contributed by atoms with van der Waals surface area (Å²) in [7, 11) is 1.45. The molecule has 4 aliphatic rings. The van der Waals surface area contributed by atoms with Gasteiger partial charge in [0.1, 0.15) is 0 Å². The van der Waals surface area contributed by atoms with Crippen LogP contribution in [0.15, 0.2) is 18.2 Å². The van der Waals surface area contributed by atoms with Crippen LogP contribution in [0.3, 0.4) is 0 Å². The maximum absolute atomic E-state index is 14.2. The molecule has 3 aliphatic heterocycles. The lowest BCUT2D eigenvalue weighted by atomic mass is 9.84. The molecule has 0 amide bonds. The van der Waals surface area contributed by atoms with E-state index >= 15 is 0 Å². The van der Waals surface area contributed by atoms with E-state index < -0.39 is 5.82 Å². The first-order valence-corrected chi connectivity index (χ1v) is 12.3. The largest absolute Gasteiger partial charge is 0.494 e. The van der Waals surface area contributed by atoms with Gasteiger partial charge in [-0.05, 0) is 62.7 Å². The molecule has 9 heteroatoms. The molecular formula is C24H34FN7O. The van der Waals surface area contributed by atoms with Crippen LogP contribution in [0.2, 0.25) is 0 Å². The highest BCUT2D eigenvalue weighted by molar-refractivity contribution is 5.57. The molecule has 6 rings (SSSR count). The van der Waals surface area contributed by atoms with Crippen LogP contribution < -0.4 is 20.7 Å². The highest BCUT2D eigenvalue weighted by atomic mass is 19.1. The molecule has 3 N–H and O–H groups in total. The first-order chi connectivity index (χ1) is 16.2. The van der Waals surface area contributed by atoms with E-state index in [4.69, 9.17) is 4.74 Å². The van der Waals surface area contributed by atoms with Crippen molar-refractivity contribution in [3.8, 4) is 5.75 Å². The van der Waals surface area contributed by atoms with Crippen LogP contribution in [0.5, 0.6) is 5.75 Å². The molecule has 0 radical (unpaired) electrons. The van der Waals surface area contributed by atoms with Crippen LogP contribution in [-0.2, 0) is 0 Å². The van der Waals surface area contributed by atoms with Gasteiger partial charge in [-0.1, -0.05) is 19.3 Å². The van der Waals surface area contributed by atoms with E-state index in [1.807, 2.05) is 0 Å². The molecule has 0 spiro atoms. The predicted molar refractivity (Wildman–Crippen MR) is 128 cm³/mol. The quantitative estimate of drug-likeness (QED) is 0.544. The summed E-state index contributed by atoms with van der Waals surface area (Å²) >= 11 is 0. The number of methoxy groups -OCH3 is 1. The van der Waals surface area contributed by atoms with E-state index in [1.165, 1.54) is 71.2 Å². The molecule has 178 valence electrons. The molecule has 1 saturated carbocycles. The highest BCUT2D eigenvalue weighted by Gasteiger charge is 2.34. The third kappa shape index (κ3) is 5.46. The van der Waals surface area contributed by atoms with Crippen molar-refractivity contribution >= 4 is 23.5 Å². The van der Waals surface area contributed by atoms with Crippen molar-refractivity contribution in [3.05, 3.63) is 24.0 Å². The van der Waals surface area contributed by atoms with Gasteiger partial charge in [0.2, 0.25) is 17.8 Å². The monoisotopic (exact) mass is 455 g/mol. The summed E-state index contributed by atoms with van der Waals surface area (Å²) in [6.07, 6.45) is 8.86. The molecule has 3 saturated heterocycles. The topological polar surface area (TPSA) is 87.2 Å². The standard InChI is InChI=1S/C24H34FN7O/c1-33-21-8-7-18(13-19(21)25)27-23-29-22(26-14-16-5-3-2-4-6-16)30-24(31-23)28-20-15-32-11-9-17(20)10-12-32/h7-8,13,16-17,20H,2-6,9-12,14-15H2,1H3,(H3,26,27,28,29,30,31). The van der Waals surface area contributed by atoms with Crippen LogP contribution in [0, 0.1) is 17.7 Å². The fourth-order valence-electron chi connectivity index (χ4n) is 5.37. The van der Waals surface area contributed by atoms with Gasteiger partial charge in [0.25, 0.3) is 0 Å². The van der Waals surface area contributed by atoms with Crippen molar-refractivity contribution in [1.82, 2.24) is 19.9 Å². The number of hydrogen-bond acceptors (Lipinski definition) is 8. The molecule has 8 nitrogen and oxygen atoms in total. The average Bonchev–Trinajstić information content (AvgIpc) is 2.84. The number of fused-ring (bicyclic) bond motifs is 3. The second kappa shape index (κ2) is 10.1. The zero-order chi connectivity index (χ0) is 22.6. The molecule has 4 fully saturated rings. The van der Waals surface area contributed by atoms with E-state index in [0.717, 1.165) is 13.1 Å². The Morgan fingerprint density at radius 1 is 1.00 bits per heavy atom. The number of nitrogens with zero attached hydrogens (tertiary/aromatic N) is 4. The van der Waals surface area contributed by atoms with Gasteiger partial charge < -0.3 is 25.6 Å². The highest BCUT2D eigenvalue weighted by Crippen LogP contribution is 2.30. The second-order valence-electron chi connectivity index (χ2n) is 9.55. The fraction of sp³-hybridized carbons (Fsp3) is 0.625. The number of rotatable bonds is 8. The van der Waals surface area contributed by atoms with Crippen LogP contribution >= 0.6 is 0 Å². The molecule has 2 bridgehead atoms. The third-order valence-corrected chi connectivity index (χ3v) is 7.29. The number of hydrogen-bond donors (Lipinski definition) is 3. The molecule has 1 aliphatic carbocycles. The number of benzene rings is 1. The molecular weight excluding hydrogens is 421 g/mol. The Bertz CT molecular complexity index is 944. The van der Waals surface area contributed by atoms with Gasteiger partial charge >= 0.3 is 0 Å². The smallest absolute Gasteiger partial charge is 0.233 e. The van der Waals surface area contributed by atoms with E-state index in [-0.39, 0.29) is 5.75 Å². The predicted octanol–water partition coefficient (Wildman–Crippen LogP) is 4.26. The van der Waals surface area contributed by atoms with E-state index in [0.29, 0.717) is 41.4 Å². The normalized spacial score (nSPS) is 25.0. The molecule has 1 aromatic heterocycles. The number of halogens is 1. The summed E-state index contributed by atoms with van der Waals surface area (Å²) in [5, 5.41) is 10.1. The number of anilines is 4. The van der Waals surface area contributed by atoms with Crippen LogP contribution in [0.1, 0.15) is 44.9 Å². The van der Waals surface area contributed by atoms with Crippen molar-refractivity contribution in [2.45, 2.75) is 51.0 Å². The maximum Gasteiger partial charge on any atom is 0.233 e. The summed E-state index contributed by atoms with van der Waals surface area (Å²) in [6, 6.07) is 5.07. The lowest BCUT2D eigenvalue weighted by Gasteiger charge is -2.44. The summed E-state index contributed by atoms with van der Waals surface area (Å²) in [4.78, 5) is 16.4. The minimum atomic E-state index is -0.433. The van der Waals surface area contributed by atoms with Crippen LogP contribution in [-0.4, -0.2) is 59.2 Å². The summed E-state index contributed by atoms with van der Waals surface area (Å²) in [5.41, 5.74) is 0.562. The third-order valence-electron chi connectivity index (χ3n) is 7.29. The summed E-state index contributed by atoms with van der Waals surface area (Å²) in [6.45, 7) is 4.25. The number of aromatic nitrogens is 3. The van der Waals surface area contributed by atoms with Gasteiger partial charge in [0.05, 0.1) is 7.11 Å². The molecule has 33 heavy (non-hydrogen) atoms. The zero-order valence-corrected chi connectivity index (χ0v) is 19.3. The summed E-state index contributed by atoms with van der Waals surface area (Å²) in [5.74, 6) is 2.58. The number of piperidine rings is 3. The molecule has 1 aromatic carbocycles. The first kappa shape index (κ1) is 22.1. The first-order valence-electron chi connectivity index (χ1n) is 12.3. The SMILES string of the molecule is COc1ccc(Nc2nc(NCC3CCCCC3)nc(NC3CN4CCC3CC4)n2)cc1F. The van der Waals surface area contributed by atoms with Gasteiger partial charge in [0.15, 0.2) is 11.6 Å². The van der Waals surface area contributed by atoms with Gasteiger partial charge in [0, 0.05) is 30.9 Å². The van der Waals surface area contributed by atoms with E-state index in [2.05, 4.69) is 35.8 Å². The Kier molecular flexibility index (Phi) is 6.75. The lowest BCUT2D eigenvalue weighted by Crippen LogP contribution is -2.53. The van der Waals surface area contributed by atoms with E-state index in [1.54, 1.807) is 12.1 Å². The summed E-state index contributed by atoms with van der Waals surface area (Å²) < 4.78 is 19.2. The van der Waals surface area contributed by atoms with Crippen molar-refractivity contribution < 1.29 is 9.13 Å². The molecule has 2 aromatic rings. The molecule has 1 atom stereocenters. The van der Waals surface area contributed by atoms with Crippen molar-refractivity contribution in [3.63, 3.8) is 0 Å². The Labute approximate surface area is 194 Å². The van der Waals surface area contributed by atoms with Gasteiger partial charge in [-0.2, -0.15) is 15.0 Å². The number of ether oxygens (including phenoxy) is 1. The molecule has 1 unspecified atom stereocenters. The van der Waals surface area contributed by atoms with Crippen LogP contribution in [0.25, 0.3) is 0 Å². The van der Waals surface area contributed by atoms with Crippen molar-refractivity contribution in [1.29, 1.82) is 0 Å². The Hall–Kier alpha value is -2.68. The average molecular weight is 456 g/mol. The minimum absolute atomic E-state index is 0.204. The molecule has 4 heterocycles. The Morgan fingerprint density at radius 3 is 2.45 bits per heavy atom. The van der Waals surface area contributed by atoms with Crippen LogP contribution in [0.4, 0.5) is 27.9 Å². The van der Waals surface area contributed by atoms with Gasteiger partial charge in [-0.3, -0.25) is 0 Å². The van der Waals surface area contributed by atoms with E-state index in [9.17, 15) is 4.39 Å². The van der Waals surface area contributed by atoms with Gasteiger partial charge in [-0.25, -0.2) is 4.39 Å². The fourth-order valence-corrected chi connectivity index (χ4v) is 5.37. The lowest BCUT2D eigenvalue weighted by molar-refractivity contribution is 0.0972. The Balaban J connectivity index is 1.34. The maximum atomic E-state index is 14.2. The minimum Gasteiger partial charge on any atom is -0.494 e. The van der Waals surface area contributed by atoms with Gasteiger partial charge in [-0.15, -0.1) is 0 Å².